The van der Waals surface area contributed by atoms with E-state index in [4.69, 9.17) is 39.5 Å². The van der Waals surface area contributed by atoms with E-state index >= 15 is 0 Å². The average molecular weight is 1500 g/mol. The van der Waals surface area contributed by atoms with E-state index in [2.05, 4.69) is 29.3 Å². The summed E-state index contributed by atoms with van der Waals surface area (Å²) < 4.78 is 135. The molecular weight excluding hydrogens is 1430 g/mol. The minimum atomic E-state index is -0.875. The zero-order valence-electron chi connectivity index (χ0n) is 62.5. The number of para-hydroxylation sites is 1. The fraction of sp³-hybridized carbons (Fsp3) is 0.209. The first-order chi connectivity index (χ1) is 53.1. The third kappa shape index (κ3) is 11.2. The minimum Gasteiger partial charge on any atom is -0.456 e. The van der Waals surface area contributed by atoms with Gasteiger partial charge in [-0.1, -0.05) is 42.5 Å². The van der Waals surface area contributed by atoms with Crippen LogP contribution in [-0.4, -0.2) is 62.8 Å². The summed E-state index contributed by atoms with van der Waals surface area (Å²) in [6.45, 7) is 47.9. The van der Waals surface area contributed by atoms with Gasteiger partial charge in [-0.25, -0.2) is 64.5 Å². The number of anilines is 12. The zero-order valence-corrected chi connectivity index (χ0v) is 62.5. The predicted molar refractivity (Wildman–Crippen MR) is 422 cm³/mol. The maximum Gasteiger partial charge on any atom is 0.259 e. The Morgan fingerprint density at radius 2 is 0.676 bits per heavy atom. The van der Waals surface area contributed by atoms with Crippen molar-refractivity contribution >= 4 is 157 Å². The molecule has 9 heterocycles. The Kier molecular flexibility index (Phi) is 18.0. The molecular formula is C86H68F8N14O3. The number of furan rings is 3. The third-order valence-electron chi connectivity index (χ3n) is 22.0. The van der Waals surface area contributed by atoms with Crippen molar-refractivity contribution in [1.82, 2.24) is 9.97 Å². The maximum absolute atomic E-state index is 15.0. The van der Waals surface area contributed by atoms with Crippen LogP contribution >= 0.6 is 0 Å². The highest BCUT2D eigenvalue weighted by Crippen LogP contribution is 2.56. The molecule has 4 aliphatic rings. The van der Waals surface area contributed by atoms with Gasteiger partial charge in [-0.2, -0.15) is 0 Å². The molecule has 0 amide bonds. The van der Waals surface area contributed by atoms with Crippen LogP contribution in [0.1, 0.15) is 61.1 Å². The van der Waals surface area contributed by atoms with Crippen LogP contribution in [0.5, 0.6) is 0 Å². The molecule has 0 unspecified atom stereocenters. The number of hydrogen-bond acceptors (Lipinski definition) is 13. The standard InChI is InChI=1S/C23H17F2N3O.2C22H16F2N4O.C19H19F2N3/c1-12-9-15-14-7-5-6-8-19(14)29-20(15)11-17(12)28-13(2)27(4)23-18(28)10-16(24)22(26-3)21(23)25;1-11-7-8-13-14-6-5-9-26-22(14)29-21(13)19(11)28-12(2)27(4)20-16(28)10-15(23)18(25-3)17(20)24;1-11-8-14-13-6-5-7-26-22(13)29-18(14)10-16(11)28-12(2)27(4)21-17(28)9-15(23)20(25-3)19(21)24;1-10-7-8-11(2)18(12(10)3)24-13(4)23(6)19-15(24)9-14(20)17(22-5)16(19)21/h5-11,13H,1-2,4H3;2*5-10,12H,1-2,4H3;7-9,13H,1-4,6H3/t13-;2*12-;13-/m0000/s1. The molecule has 0 saturated heterocycles. The number of rotatable bonds is 4. The van der Waals surface area contributed by atoms with Gasteiger partial charge in [0, 0.05) is 102 Å². The molecule has 0 fully saturated rings. The summed E-state index contributed by atoms with van der Waals surface area (Å²) in [7, 11) is 6.97. The molecule has 0 radical (unpaired) electrons. The molecule has 111 heavy (non-hydrogen) atoms. The quantitative estimate of drug-likeness (QED) is 0.123. The molecule has 25 heteroatoms. The van der Waals surface area contributed by atoms with Gasteiger partial charge in [-0.05, 0) is 169 Å². The normalized spacial score (nSPS) is 16.0. The molecule has 556 valence electrons. The summed E-state index contributed by atoms with van der Waals surface area (Å²) in [5.41, 5.74) is 13.4. The highest BCUT2D eigenvalue weighted by molar-refractivity contribution is 6.11. The van der Waals surface area contributed by atoms with Crippen LogP contribution in [0.2, 0.25) is 0 Å². The van der Waals surface area contributed by atoms with Gasteiger partial charge in [0.25, 0.3) is 22.7 Å². The second-order valence-electron chi connectivity index (χ2n) is 28.0. The molecule has 0 N–H and O–H groups in total. The van der Waals surface area contributed by atoms with Gasteiger partial charge >= 0.3 is 0 Å². The highest BCUT2D eigenvalue weighted by atomic mass is 19.2. The minimum absolute atomic E-state index is 0.186. The third-order valence-corrected chi connectivity index (χ3v) is 22.0. The van der Waals surface area contributed by atoms with Gasteiger partial charge in [0.1, 0.15) is 64.7 Å². The smallest absolute Gasteiger partial charge is 0.259 e. The maximum atomic E-state index is 15.0. The van der Waals surface area contributed by atoms with Crippen molar-refractivity contribution in [3.05, 3.63) is 259 Å². The van der Waals surface area contributed by atoms with Crippen LogP contribution in [0.25, 0.3) is 85.5 Å². The second-order valence-corrected chi connectivity index (χ2v) is 28.0. The van der Waals surface area contributed by atoms with E-state index in [9.17, 15) is 35.1 Å². The Morgan fingerprint density at radius 3 is 1.13 bits per heavy atom. The molecule has 5 aromatic heterocycles. The van der Waals surface area contributed by atoms with Crippen molar-refractivity contribution < 1.29 is 48.4 Å². The van der Waals surface area contributed by atoms with Crippen molar-refractivity contribution in [2.45, 2.75) is 93.9 Å². The Bertz CT molecular complexity index is 6280. The molecule has 0 saturated carbocycles. The molecule has 18 rings (SSSR count). The summed E-state index contributed by atoms with van der Waals surface area (Å²) in [6.07, 6.45) is 2.29. The summed E-state index contributed by atoms with van der Waals surface area (Å²) >= 11 is 0. The average Bonchev–Trinajstić information content (AvgIpc) is 1.59. The number of pyridine rings is 2. The largest absolute Gasteiger partial charge is 0.456 e. The number of hydrogen-bond donors (Lipinski definition) is 0. The van der Waals surface area contributed by atoms with Gasteiger partial charge < -0.3 is 52.5 Å². The van der Waals surface area contributed by atoms with Crippen molar-refractivity contribution in [2.24, 2.45) is 0 Å². The lowest BCUT2D eigenvalue weighted by molar-refractivity contribution is 0.593. The molecule has 9 aromatic carbocycles. The first kappa shape index (κ1) is 73.0. The number of fused-ring (bicyclic) bond motifs is 13. The number of aromatic nitrogens is 2. The Balaban J connectivity index is 0.000000118. The Morgan fingerprint density at radius 1 is 0.324 bits per heavy atom. The van der Waals surface area contributed by atoms with E-state index in [1.807, 2.05) is 186 Å². The van der Waals surface area contributed by atoms with Crippen LogP contribution < -0.4 is 39.2 Å². The van der Waals surface area contributed by atoms with E-state index < -0.39 is 69.3 Å². The lowest BCUT2D eigenvalue weighted by atomic mass is 10.0. The summed E-state index contributed by atoms with van der Waals surface area (Å²) in [5.74, 6) is -6.71. The van der Waals surface area contributed by atoms with Gasteiger partial charge in [-0.15, -0.1) is 0 Å². The summed E-state index contributed by atoms with van der Waals surface area (Å²) in [4.78, 5) is 35.1. The molecule has 0 aliphatic carbocycles. The molecule has 0 bridgehead atoms. The first-order valence-corrected chi connectivity index (χ1v) is 35.3. The fourth-order valence-corrected chi connectivity index (χ4v) is 15.9. The van der Waals surface area contributed by atoms with Crippen LogP contribution in [0.4, 0.5) is 126 Å². The van der Waals surface area contributed by atoms with Crippen LogP contribution in [0, 0.1) is 114 Å². The Hall–Kier alpha value is -13.5. The Labute approximate surface area is 633 Å². The highest BCUT2D eigenvalue weighted by Gasteiger charge is 2.43. The van der Waals surface area contributed by atoms with Crippen LogP contribution in [0.15, 0.2) is 147 Å². The van der Waals surface area contributed by atoms with Crippen molar-refractivity contribution in [3.8, 4) is 0 Å². The van der Waals surface area contributed by atoms with Gasteiger partial charge in [0.2, 0.25) is 11.4 Å². The van der Waals surface area contributed by atoms with Crippen LogP contribution in [0.3, 0.4) is 0 Å². The number of aryl methyl sites for hydroxylation is 5. The number of nitrogens with zero attached hydrogens (tertiary/aromatic N) is 14. The second kappa shape index (κ2) is 27.3. The topological polar surface area (TPSA) is 109 Å². The van der Waals surface area contributed by atoms with Crippen molar-refractivity contribution in [3.63, 3.8) is 0 Å². The van der Waals surface area contributed by atoms with E-state index in [-0.39, 0.29) is 47.4 Å². The first-order valence-electron chi connectivity index (χ1n) is 35.3. The van der Waals surface area contributed by atoms with E-state index in [0.29, 0.717) is 50.9 Å². The predicted octanol–water partition coefficient (Wildman–Crippen LogP) is 24.1. The fourth-order valence-electron chi connectivity index (χ4n) is 15.9. The molecule has 4 atom stereocenters. The van der Waals surface area contributed by atoms with E-state index in [1.54, 1.807) is 60.2 Å². The van der Waals surface area contributed by atoms with E-state index in [0.717, 1.165) is 94.0 Å². The number of halogens is 8. The molecule has 14 aromatic rings. The van der Waals surface area contributed by atoms with Crippen molar-refractivity contribution in [1.29, 1.82) is 0 Å². The lowest BCUT2D eigenvalue weighted by Gasteiger charge is -2.31. The SMILES string of the molecule is [C-]#[N+]c1c(F)cc2c(c1F)N(C)[C@H](C)N2c1c(C)ccc(C)c1C.[C-]#[N+]c1c(F)cc2c(c1F)N(C)[C@H](C)N2c1c(C)ccc2c1oc1ncccc12.[C-]#[N+]c1c(F)cc2c(c1F)N(C)[C@H](C)N2c1cc2oc3ccccc3c2cc1C.[C-]#[N+]c1c(F)cc2c(c1F)N(C)[C@H](C)N2c1cc2oc3ncccc3c2cc1C. The van der Waals surface area contributed by atoms with Gasteiger partial charge in [0.05, 0.1) is 77.5 Å². The summed E-state index contributed by atoms with van der Waals surface area (Å²) in [5, 5.41) is 5.66. The van der Waals surface area contributed by atoms with Gasteiger partial charge in [0.15, 0.2) is 28.9 Å². The zero-order chi connectivity index (χ0) is 79.1. The van der Waals surface area contributed by atoms with E-state index in [1.165, 1.54) is 24.3 Å². The van der Waals surface area contributed by atoms with Crippen molar-refractivity contribution in [2.75, 3.05) is 67.4 Å². The van der Waals surface area contributed by atoms with Crippen LogP contribution in [-0.2, 0) is 0 Å². The molecule has 0 spiro atoms. The monoisotopic (exact) mass is 1500 g/mol. The number of benzene rings is 9. The van der Waals surface area contributed by atoms with Gasteiger partial charge in [-0.3, -0.25) is 0 Å². The molecule has 4 aliphatic heterocycles. The summed E-state index contributed by atoms with van der Waals surface area (Å²) in [6, 6.07) is 36.2. The lowest BCUT2D eigenvalue weighted by Crippen LogP contribution is -2.36. The molecule has 17 nitrogen and oxygen atoms in total.